The molecule has 5 rings (SSSR count). The Hall–Kier alpha value is -4.34. The first-order valence-electron chi connectivity index (χ1n) is 10.5. The number of amides is 2. The highest BCUT2D eigenvalue weighted by Gasteiger charge is 2.29. The van der Waals surface area contributed by atoms with Crippen LogP contribution in [0.1, 0.15) is 18.5 Å². The molecule has 1 saturated carbocycles. The van der Waals surface area contributed by atoms with Crippen LogP contribution in [0.5, 0.6) is 11.5 Å². The van der Waals surface area contributed by atoms with E-state index >= 15 is 0 Å². The Bertz CT molecular complexity index is 1400. The lowest BCUT2D eigenvalue weighted by atomic mass is 10.1. The monoisotopic (exact) mass is 464 g/mol. The fraction of sp³-hybridized carbons (Fsp3) is 0.167. The van der Waals surface area contributed by atoms with Crippen molar-refractivity contribution < 1.29 is 27.6 Å². The average Bonchev–Trinajstić information content (AvgIpc) is 3.60. The van der Waals surface area contributed by atoms with Crippen molar-refractivity contribution in [2.75, 3.05) is 10.6 Å². The zero-order valence-corrected chi connectivity index (χ0v) is 17.7. The van der Waals surface area contributed by atoms with Gasteiger partial charge in [-0.3, -0.25) is 9.59 Å². The molecule has 1 aliphatic carbocycles. The van der Waals surface area contributed by atoms with Crippen molar-refractivity contribution in [1.29, 1.82) is 0 Å². The van der Waals surface area contributed by atoms with Crippen molar-refractivity contribution in [3.05, 3.63) is 72.1 Å². The number of nitrogens with one attached hydrogen (secondary N) is 2. The SMILES string of the molecule is O=C(Cc1noc2ccccc12)Nc1cc(F)c(Oc2ccnc(NC(=O)C3CC3)c2)cc1F. The molecule has 34 heavy (non-hydrogen) atoms. The number of pyridine rings is 1. The number of halogens is 2. The third kappa shape index (κ3) is 4.70. The van der Waals surface area contributed by atoms with Gasteiger partial charge in [0, 0.05) is 35.7 Å². The number of aromatic nitrogens is 2. The Balaban J connectivity index is 1.27. The summed E-state index contributed by atoms with van der Waals surface area (Å²) in [5.74, 6) is -2.48. The van der Waals surface area contributed by atoms with Gasteiger partial charge in [0.1, 0.15) is 17.3 Å². The molecular weight excluding hydrogens is 446 g/mol. The number of para-hydroxylation sites is 1. The molecule has 2 heterocycles. The minimum atomic E-state index is -0.885. The van der Waals surface area contributed by atoms with Crippen LogP contribution in [0.15, 0.2) is 59.3 Å². The third-order valence-corrected chi connectivity index (χ3v) is 5.23. The Morgan fingerprint density at radius 1 is 1.06 bits per heavy atom. The lowest BCUT2D eigenvalue weighted by molar-refractivity contribution is -0.117. The van der Waals surface area contributed by atoms with Gasteiger partial charge >= 0.3 is 0 Å². The first-order chi connectivity index (χ1) is 16.5. The lowest BCUT2D eigenvalue weighted by Crippen LogP contribution is -2.16. The molecule has 0 radical (unpaired) electrons. The van der Waals surface area contributed by atoms with E-state index in [9.17, 15) is 18.4 Å². The number of hydrogen-bond donors (Lipinski definition) is 2. The van der Waals surface area contributed by atoms with E-state index in [4.69, 9.17) is 9.26 Å². The van der Waals surface area contributed by atoms with E-state index in [1.54, 1.807) is 24.3 Å². The minimum Gasteiger partial charge on any atom is -0.454 e. The molecule has 10 heteroatoms. The summed E-state index contributed by atoms with van der Waals surface area (Å²) < 4.78 is 39.8. The Kier molecular flexibility index (Phi) is 5.62. The summed E-state index contributed by atoms with van der Waals surface area (Å²) in [5.41, 5.74) is 0.571. The van der Waals surface area contributed by atoms with E-state index in [0.717, 1.165) is 25.0 Å². The Morgan fingerprint density at radius 3 is 2.71 bits per heavy atom. The second-order valence-corrected chi connectivity index (χ2v) is 7.86. The minimum absolute atomic E-state index is 0.0105. The second-order valence-electron chi connectivity index (χ2n) is 7.86. The molecule has 8 nitrogen and oxygen atoms in total. The Morgan fingerprint density at radius 2 is 1.88 bits per heavy atom. The molecule has 2 N–H and O–H groups in total. The molecule has 1 aliphatic rings. The first-order valence-corrected chi connectivity index (χ1v) is 10.5. The third-order valence-electron chi connectivity index (χ3n) is 5.23. The van der Waals surface area contributed by atoms with Crippen LogP contribution in [0.4, 0.5) is 20.3 Å². The van der Waals surface area contributed by atoms with Gasteiger partial charge in [0.25, 0.3) is 0 Å². The van der Waals surface area contributed by atoms with Crippen molar-refractivity contribution in [1.82, 2.24) is 10.1 Å². The predicted octanol–water partition coefficient (Wildman–Crippen LogP) is 4.82. The molecule has 0 bridgehead atoms. The van der Waals surface area contributed by atoms with Gasteiger partial charge < -0.3 is 19.9 Å². The highest BCUT2D eigenvalue weighted by atomic mass is 19.1. The number of carbonyl (C=O) groups is 2. The molecule has 2 aromatic carbocycles. The molecule has 172 valence electrons. The van der Waals surface area contributed by atoms with Gasteiger partial charge in [0.15, 0.2) is 23.0 Å². The summed E-state index contributed by atoms with van der Waals surface area (Å²) >= 11 is 0. The summed E-state index contributed by atoms with van der Waals surface area (Å²) in [6.07, 6.45) is 2.88. The highest BCUT2D eigenvalue weighted by molar-refractivity contribution is 5.95. The second kappa shape index (κ2) is 8.89. The van der Waals surface area contributed by atoms with Crippen LogP contribution >= 0.6 is 0 Å². The van der Waals surface area contributed by atoms with Crippen LogP contribution < -0.4 is 15.4 Å². The van der Waals surface area contributed by atoms with Crippen LogP contribution in [0, 0.1) is 17.6 Å². The van der Waals surface area contributed by atoms with Gasteiger partial charge in [-0.2, -0.15) is 0 Å². The maximum atomic E-state index is 14.6. The molecule has 0 unspecified atom stereocenters. The lowest BCUT2D eigenvalue weighted by Gasteiger charge is -2.11. The van der Waals surface area contributed by atoms with E-state index in [1.807, 2.05) is 0 Å². The maximum Gasteiger partial charge on any atom is 0.230 e. The zero-order valence-electron chi connectivity index (χ0n) is 17.7. The molecule has 0 atom stereocenters. The van der Waals surface area contributed by atoms with E-state index in [0.29, 0.717) is 16.7 Å². The fourth-order valence-corrected chi connectivity index (χ4v) is 3.36. The number of hydrogen-bond acceptors (Lipinski definition) is 6. The van der Waals surface area contributed by atoms with Gasteiger partial charge in [-0.15, -0.1) is 0 Å². The molecular formula is C24H18F2N4O4. The number of rotatable bonds is 7. The van der Waals surface area contributed by atoms with Crippen molar-refractivity contribution in [3.63, 3.8) is 0 Å². The molecule has 0 saturated heterocycles. The van der Waals surface area contributed by atoms with E-state index in [2.05, 4.69) is 20.8 Å². The van der Waals surface area contributed by atoms with Crippen LogP contribution in [0.3, 0.4) is 0 Å². The van der Waals surface area contributed by atoms with E-state index < -0.39 is 17.5 Å². The maximum absolute atomic E-state index is 14.6. The van der Waals surface area contributed by atoms with Crippen LogP contribution in [-0.4, -0.2) is 22.0 Å². The number of nitrogens with zero attached hydrogens (tertiary/aromatic N) is 2. The van der Waals surface area contributed by atoms with Crippen molar-refractivity contribution >= 4 is 34.3 Å². The number of carbonyl (C=O) groups excluding carboxylic acids is 2. The number of benzene rings is 2. The molecule has 2 amide bonds. The van der Waals surface area contributed by atoms with Crippen LogP contribution in [0.2, 0.25) is 0 Å². The smallest absolute Gasteiger partial charge is 0.230 e. The standard InChI is InChI=1S/C24H18F2N4O4/c25-16-11-21(33-14-7-8-27-22(9-14)29-24(32)13-5-6-13)17(26)10-19(16)28-23(31)12-18-15-3-1-2-4-20(15)34-30-18/h1-4,7-11,13H,5-6,12H2,(H,28,31)(H,27,29,32). The van der Waals surface area contributed by atoms with Crippen LogP contribution in [-0.2, 0) is 16.0 Å². The van der Waals surface area contributed by atoms with E-state index in [-0.39, 0.29) is 41.3 Å². The summed E-state index contributed by atoms with van der Waals surface area (Å²) in [5, 5.41) is 9.53. The first kappa shape index (κ1) is 21.5. The molecule has 0 aliphatic heterocycles. The van der Waals surface area contributed by atoms with Gasteiger partial charge in [-0.1, -0.05) is 17.3 Å². The fourth-order valence-electron chi connectivity index (χ4n) is 3.36. The van der Waals surface area contributed by atoms with Gasteiger partial charge in [-0.25, -0.2) is 13.8 Å². The Labute approximate surface area is 191 Å². The molecule has 4 aromatic rings. The quantitative estimate of drug-likeness (QED) is 0.406. The number of ether oxygens (including phenoxy) is 1. The molecule has 1 fully saturated rings. The normalized spacial score (nSPS) is 13.0. The topological polar surface area (TPSA) is 106 Å². The van der Waals surface area contributed by atoms with Gasteiger partial charge in [-0.05, 0) is 31.0 Å². The van der Waals surface area contributed by atoms with Crippen molar-refractivity contribution in [2.24, 2.45) is 5.92 Å². The van der Waals surface area contributed by atoms with Gasteiger partial charge in [0.2, 0.25) is 11.8 Å². The van der Waals surface area contributed by atoms with Crippen molar-refractivity contribution in [2.45, 2.75) is 19.3 Å². The summed E-state index contributed by atoms with van der Waals surface area (Å²) in [6, 6.07) is 11.5. The largest absolute Gasteiger partial charge is 0.454 e. The molecule has 0 spiro atoms. The number of fused-ring (bicyclic) bond motifs is 1. The summed E-state index contributed by atoms with van der Waals surface area (Å²) in [4.78, 5) is 28.3. The zero-order chi connectivity index (χ0) is 23.7. The molecule has 2 aromatic heterocycles. The average molecular weight is 464 g/mol. The van der Waals surface area contributed by atoms with Crippen molar-refractivity contribution in [3.8, 4) is 11.5 Å². The van der Waals surface area contributed by atoms with E-state index in [1.165, 1.54) is 18.3 Å². The number of anilines is 2. The predicted molar refractivity (Wildman–Crippen MR) is 118 cm³/mol. The summed E-state index contributed by atoms with van der Waals surface area (Å²) in [7, 11) is 0. The van der Waals surface area contributed by atoms with Crippen LogP contribution in [0.25, 0.3) is 11.0 Å². The summed E-state index contributed by atoms with van der Waals surface area (Å²) in [6.45, 7) is 0. The highest BCUT2D eigenvalue weighted by Crippen LogP contribution is 2.32. The van der Waals surface area contributed by atoms with Gasteiger partial charge in [0.05, 0.1) is 12.1 Å².